The Morgan fingerprint density at radius 2 is 1.81 bits per heavy atom. The van der Waals surface area contributed by atoms with Gasteiger partial charge in [-0.25, -0.2) is 4.79 Å². The Labute approximate surface area is 156 Å². The van der Waals surface area contributed by atoms with Crippen LogP contribution in [0.4, 0.5) is 17.1 Å². The number of benzene rings is 2. The van der Waals surface area contributed by atoms with E-state index < -0.39 is 18.5 Å². The number of hydrogen-bond donors (Lipinski definition) is 3. The minimum Gasteiger partial charge on any atom is -0.495 e. The zero-order valence-electron chi connectivity index (χ0n) is 15.3. The summed E-state index contributed by atoms with van der Waals surface area (Å²) in [6.07, 6.45) is 0. The number of nitrogens with one attached hydrogen (secondary N) is 2. The fourth-order valence-corrected chi connectivity index (χ4v) is 2.25. The van der Waals surface area contributed by atoms with Gasteiger partial charge in [0.15, 0.2) is 6.61 Å². The molecule has 2 rings (SSSR count). The molecule has 0 unspecified atom stereocenters. The zero-order chi connectivity index (χ0) is 20.0. The van der Waals surface area contributed by atoms with Gasteiger partial charge in [0.05, 0.1) is 18.4 Å². The van der Waals surface area contributed by atoms with Gasteiger partial charge in [-0.1, -0.05) is 6.07 Å². The first-order valence-corrected chi connectivity index (χ1v) is 8.09. The van der Waals surface area contributed by atoms with E-state index in [1.54, 1.807) is 30.3 Å². The molecule has 2 amide bonds. The number of anilines is 3. The summed E-state index contributed by atoms with van der Waals surface area (Å²) >= 11 is 0. The summed E-state index contributed by atoms with van der Waals surface area (Å²) in [5.41, 5.74) is 8.16. The Morgan fingerprint density at radius 1 is 1.07 bits per heavy atom. The fraction of sp³-hybridized carbons (Fsp3) is 0.211. The SMILES string of the molecule is COc1ccc(NC(C)=O)cc1NC(=O)COC(=O)c1ccc(C)c(N)c1. The summed E-state index contributed by atoms with van der Waals surface area (Å²) in [6.45, 7) is 2.71. The first-order valence-electron chi connectivity index (χ1n) is 8.09. The summed E-state index contributed by atoms with van der Waals surface area (Å²) in [5, 5.41) is 5.19. The maximum Gasteiger partial charge on any atom is 0.338 e. The molecule has 142 valence electrons. The number of ether oxygens (including phenoxy) is 2. The Bertz CT molecular complexity index is 880. The fourth-order valence-electron chi connectivity index (χ4n) is 2.25. The molecule has 2 aromatic rings. The molecule has 27 heavy (non-hydrogen) atoms. The molecule has 0 bridgehead atoms. The van der Waals surface area contributed by atoms with E-state index in [0.29, 0.717) is 22.8 Å². The Hall–Kier alpha value is -3.55. The minimum atomic E-state index is -0.657. The van der Waals surface area contributed by atoms with Gasteiger partial charge in [-0.05, 0) is 42.8 Å². The third kappa shape index (κ3) is 5.46. The average molecular weight is 371 g/mol. The topological polar surface area (TPSA) is 120 Å². The molecule has 8 heteroatoms. The molecule has 0 saturated heterocycles. The van der Waals surface area contributed by atoms with Crippen LogP contribution in [0.5, 0.6) is 5.75 Å². The van der Waals surface area contributed by atoms with Crippen LogP contribution >= 0.6 is 0 Å². The second-order valence-corrected chi connectivity index (χ2v) is 5.79. The van der Waals surface area contributed by atoms with E-state index in [1.165, 1.54) is 20.1 Å². The Morgan fingerprint density at radius 3 is 2.44 bits per heavy atom. The number of nitrogens with two attached hydrogens (primary N) is 1. The van der Waals surface area contributed by atoms with Gasteiger partial charge < -0.3 is 25.8 Å². The van der Waals surface area contributed by atoms with Crippen LogP contribution in [0.3, 0.4) is 0 Å². The minimum absolute atomic E-state index is 0.247. The summed E-state index contributed by atoms with van der Waals surface area (Å²) in [6, 6.07) is 9.55. The normalized spacial score (nSPS) is 10.0. The quantitative estimate of drug-likeness (QED) is 0.530. The number of hydrogen-bond acceptors (Lipinski definition) is 6. The standard InChI is InChI=1S/C19H21N3O5/c1-11-4-5-13(8-15(11)20)19(25)27-10-18(24)22-16-9-14(21-12(2)23)6-7-17(16)26-3/h4-9H,10,20H2,1-3H3,(H,21,23)(H,22,24). The predicted molar refractivity (Wildman–Crippen MR) is 102 cm³/mol. The Balaban J connectivity index is 2.01. The Kier molecular flexibility index (Phi) is 6.37. The number of amides is 2. The van der Waals surface area contributed by atoms with E-state index >= 15 is 0 Å². The van der Waals surface area contributed by atoms with Crippen molar-refractivity contribution >= 4 is 34.8 Å². The third-order valence-corrected chi connectivity index (χ3v) is 3.64. The molecule has 0 radical (unpaired) electrons. The first kappa shape index (κ1) is 19.8. The molecule has 0 saturated carbocycles. The van der Waals surface area contributed by atoms with Gasteiger partial charge in [0.1, 0.15) is 5.75 Å². The molecule has 0 aliphatic heterocycles. The number of rotatable bonds is 6. The molecule has 0 spiro atoms. The van der Waals surface area contributed by atoms with Crippen molar-refractivity contribution in [1.29, 1.82) is 0 Å². The highest BCUT2D eigenvalue weighted by atomic mass is 16.5. The van der Waals surface area contributed by atoms with Gasteiger partial charge in [-0.3, -0.25) is 9.59 Å². The molecule has 0 aliphatic carbocycles. The molecule has 0 aliphatic rings. The number of carbonyl (C=O) groups is 3. The van der Waals surface area contributed by atoms with E-state index in [4.69, 9.17) is 15.2 Å². The van der Waals surface area contributed by atoms with E-state index in [-0.39, 0.29) is 11.5 Å². The number of nitrogen functional groups attached to an aromatic ring is 1. The van der Waals surface area contributed by atoms with Gasteiger partial charge in [-0.15, -0.1) is 0 Å². The lowest BCUT2D eigenvalue weighted by Crippen LogP contribution is -2.21. The highest BCUT2D eigenvalue weighted by Gasteiger charge is 2.13. The van der Waals surface area contributed by atoms with Crippen molar-refractivity contribution in [1.82, 2.24) is 0 Å². The van der Waals surface area contributed by atoms with Crippen molar-refractivity contribution in [2.75, 3.05) is 30.1 Å². The maximum absolute atomic E-state index is 12.1. The van der Waals surface area contributed by atoms with Gasteiger partial charge in [0.2, 0.25) is 5.91 Å². The molecule has 0 heterocycles. The van der Waals surface area contributed by atoms with Gasteiger partial charge in [0, 0.05) is 18.3 Å². The zero-order valence-corrected chi connectivity index (χ0v) is 15.3. The molecular formula is C19H21N3O5. The predicted octanol–water partition coefficient (Wildman–Crippen LogP) is 2.34. The summed E-state index contributed by atoms with van der Waals surface area (Å²) in [4.78, 5) is 35.3. The summed E-state index contributed by atoms with van der Waals surface area (Å²) in [7, 11) is 1.45. The highest BCUT2D eigenvalue weighted by Crippen LogP contribution is 2.27. The largest absolute Gasteiger partial charge is 0.495 e. The number of carbonyl (C=O) groups excluding carboxylic acids is 3. The van der Waals surface area contributed by atoms with Gasteiger partial charge in [0.25, 0.3) is 5.91 Å². The summed E-state index contributed by atoms with van der Waals surface area (Å²) in [5.74, 6) is -1.06. The van der Waals surface area contributed by atoms with Crippen LogP contribution in [0.25, 0.3) is 0 Å². The van der Waals surface area contributed by atoms with E-state index in [2.05, 4.69) is 10.6 Å². The van der Waals surface area contributed by atoms with Crippen molar-refractivity contribution in [2.24, 2.45) is 0 Å². The molecule has 4 N–H and O–H groups in total. The third-order valence-electron chi connectivity index (χ3n) is 3.64. The molecule has 0 atom stereocenters. The lowest BCUT2D eigenvalue weighted by atomic mass is 10.1. The second kappa shape index (κ2) is 8.70. The van der Waals surface area contributed by atoms with Crippen LogP contribution in [0.15, 0.2) is 36.4 Å². The lowest BCUT2D eigenvalue weighted by molar-refractivity contribution is -0.119. The van der Waals surface area contributed by atoms with Crippen molar-refractivity contribution in [3.05, 3.63) is 47.5 Å². The van der Waals surface area contributed by atoms with Crippen LogP contribution in [0, 0.1) is 6.92 Å². The monoisotopic (exact) mass is 371 g/mol. The number of esters is 1. The van der Waals surface area contributed by atoms with Crippen molar-refractivity contribution < 1.29 is 23.9 Å². The lowest BCUT2D eigenvalue weighted by Gasteiger charge is -2.12. The molecule has 0 aromatic heterocycles. The average Bonchev–Trinajstić information content (AvgIpc) is 2.61. The molecular weight excluding hydrogens is 350 g/mol. The molecule has 2 aromatic carbocycles. The van der Waals surface area contributed by atoms with Gasteiger partial charge >= 0.3 is 5.97 Å². The van der Waals surface area contributed by atoms with Gasteiger partial charge in [-0.2, -0.15) is 0 Å². The van der Waals surface area contributed by atoms with Crippen LogP contribution in [-0.4, -0.2) is 31.5 Å². The van der Waals surface area contributed by atoms with Crippen LogP contribution in [-0.2, 0) is 14.3 Å². The van der Waals surface area contributed by atoms with E-state index in [0.717, 1.165) is 5.56 Å². The molecule has 0 fully saturated rings. The van der Waals surface area contributed by atoms with Crippen LogP contribution in [0.1, 0.15) is 22.8 Å². The van der Waals surface area contributed by atoms with E-state index in [1.807, 2.05) is 6.92 Å². The second-order valence-electron chi connectivity index (χ2n) is 5.79. The van der Waals surface area contributed by atoms with Crippen molar-refractivity contribution in [2.45, 2.75) is 13.8 Å². The van der Waals surface area contributed by atoms with Crippen LogP contribution < -0.4 is 21.1 Å². The maximum atomic E-state index is 12.1. The smallest absolute Gasteiger partial charge is 0.338 e. The summed E-state index contributed by atoms with van der Waals surface area (Å²) < 4.78 is 10.2. The highest BCUT2D eigenvalue weighted by molar-refractivity contribution is 5.97. The van der Waals surface area contributed by atoms with Crippen LogP contribution in [0.2, 0.25) is 0 Å². The van der Waals surface area contributed by atoms with Crippen molar-refractivity contribution in [3.8, 4) is 5.75 Å². The number of aryl methyl sites for hydroxylation is 1. The first-order chi connectivity index (χ1) is 12.8. The molecule has 8 nitrogen and oxygen atoms in total. The van der Waals surface area contributed by atoms with E-state index in [9.17, 15) is 14.4 Å². The number of methoxy groups -OCH3 is 1. The van der Waals surface area contributed by atoms with Crippen molar-refractivity contribution in [3.63, 3.8) is 0 Å².